The standard InChI is InChI=1S/C24H20ClF3N4O/c1-31(15-24(26,27)28)14-16-7-10-18(11-8-16)29-23-30-21-12-9-17(25)13-20(21)22(33)32(23)19-5-3-2-4-6-19/h2-13H,14-15H2,1H3,(H,29,30). The van der Waals surface area contributed by atoms with Gasteiger partial charge in [-0.05, 0) is 55.1 Å². The number of halogens is 4. The van der Waals surface area contributed by atoms with E-state index in [1.54, 1.807) is 54.6 Å². The maximum atomic E-state index is 13.3. The summed E-state index contributed by atoms with van der Waals surface area (Å²) in [7, 11) is 1.42. The van der Waals surface area contributed by atoms with Gasteiger partial charge in [-0.1, -0.05) is 41.9 Å². The fraction of sp³-hybridized carbons (Fsp3) is 0.167. The van der Waals surface area contributed by atoms with Crippen molar-refractivity contribution in [2.75, 3.05) is 18.9 Å². The topological polar surface area (TPSA) is 50.2 Å². The second-order valence-corrected chi connectivity index (χ2v) is 8.12. The minimum absolute atomic E-state index is 0.156. The van der Waals surface area contributed by atoms with Gasteiger partial charge >= 0.3 is 6.18 Å². The van der Waals surface area contributed by atoms with Crippen molar-refractivity contribution in [1.82, 2.24) is 14.5 Å². The molecule has 0 saturated carbocycles. The molecule has 0 aliphatic rings. The highest BCUT2D eigenvalue weighted by Crippen LogP contribution is 2.23. The number of hydrogen-bond donors (Lipinski definition) is 1. The Morgan fingerprint density at radius 3 is 2.39 bits per heavy atom. The van der Waals surface area contributed by atoms with Crippen molar-refractivity contribution < 1.29 is 13.2 Å². The molecule has 0 amide bonds. The summed E-state index contributed by atoms with van der Waals surface area (Å²) in [5.74, 6) is 0.308. The molecule has 0 radical (unpaired) electrons. The number of benzene rings is 3. The molecule has 0 bridgehead atoms. The zero-order valence-corrected chi connectivity index (χ0v) is 18.4. The molecule has 0 saturated heterocycles. The van der Waals surface area contributed by atoms with E-state index in [9.17, 15) is 18.0 Å². The number of nitrogens with zero attached hydrogens (tertiary/aromatic N) is 3. The lowest BCUT2D eigenvalue weighted by Gasteiger charge is -2.19. The molecule has 33 heavy (non-hydrogen) atoms. The molecule has 1 heterocycles. The average Bonchev–Trinajstić information content (AvgIpc) is 2.75. The van der Waals surface area contributed by atoms with E-state index in [2.05, 4.69) is 10.3 Å². The Balaban J connectivity index is 1.67. The van der Waals surface area contributed by atoms with Crippen LogP contribution in [0, 0.1) is 0 Å². The molecule has 0 atom stereocenters. The average molecular weight is 473 g/mol. The van der Waals surface area contributed by atoms with Gasteiger partial charge in [-0.25, -0.2) is 9.55 Å². The van der Waals surface area contributed by atoms with Gasteiger partial charge in [-0.15, -0.1) is 0 Å². The fourth-order valence-corrected chi connectivity index (χ4v) is 3.73. The van der Waals surface area contributed by atoms with Crippen LogP contribution in [0.4, 0.5) is 24.8 Å². The molecule has 0 fully saturated rings. The summed E-state index contributed by atoms with van der Waals surface area (Å²) in [5, 5.41) is 3.99. The number of para-hydroxylation sites is 1. The molecular formula is C24H20ClF3N4O. The molecule has 0 spiro atoms. The first-order valence-corrected chi connectivity index (χ1v) is 10.5. The number of nitrogens with one attached hydrogen (secondary N) is 1. The van der Waals surface area contributed by atoms with Crippen molar-refractivity contribution in [2.24, 2.45) is 0 Å². The molecule has 170 valence electrons. The van der Waals surface area contributed by atoms with Crippen LogP contribution in [0.5, 0.6) is 0 Å². The highest BCUT2D eigenvalue weighted by Gasteiger charge is 2.29. The maximum absolute atomic E-state index is 13.3. The summed E-state index contributed by atoms with van der Waals surface area (Å²) >= 11 is 6.09. The number of hydrogen-bond acceptors (Lipinski definition) is 4. The first-order valence-electron chi connectivity index (χ1n) is 10.1. The van der Waals surface area contributed by atoms with Crippen LogP contribution < -0.4 is 10.9 Å². The number of fused-ring (bicyclic) bond motifs is 1. The van der Waals surface area contributed by atoms with Gasteiger partial charge in [0.1, 0.15) is 0 Å². The summed E-state index contributed by atoms with van der Waals surface area (Å²) in [4.78, 5) is 19.1. The summed E-state index contributed by atoms with van der Waals surface area (Å²) in [6.45, 7) is -0.828. The Kier molecular flexibility index (Phi) is 6.40. The summed E-state index contributed by atoms with van der Waals surface area (Å²) in [5.41, 5.74) is 2.21. The normalized spacial score (nSPS) is 11.8. The summed E-state index contributed by atoms with van der Waals surface area (Å²) in [6.07, 6.45) is -4.25. The van der Waals surface area contributed by atoms with E-state index in [1.807, 2.05) is 18.2 Å². The van der Waals surface area contributed by atoms with E-state index in [4.69, 9.17) is 11.6 Å². The monoisotopic (exact) mass is 472 g/mol. The second kappa shape index (κ2) is 9.25. The van der Waals surface area contributed by atoms with Gasteiger partial charge in [-0.3, -0.25) is 9.69 Å². The molecule has 1 aromatic heterocycles. The molecule has 3 aromatic carbocycles. The van der Waals surface area contributed by atoms with Crippen LogP contribution in [0.25, 0.3) is 16.6 Å². The third kappa shape index (κ3) is 5.53. The lowest BCUT2D eigenvalue weighted by Crippen LogP contribution is -2.30. The van der Waals surface area contributed by atoms with E-state index < -0.39 is 12.7 Å². The highest BCUT2D eigenvalue weighted by molar-refractivity contribution is 6.31. The second-order valence-electron chi connectivity index (χ2n) is 7.68. The van der Waals surface area contributed by atoms with Gasteiger partial charge < -0.3 is 5.32 Å². The Labute approximate surface area is 193 Å². The smallest absolute Gasteiger partial charge is 0.325 e. The molecule has 4 rings (SSSR count). The largest absolute Gasteiger partial charge is 0.401 e. The van der Waals surface area contributed by atoms with Crippen molar-refractivity contribution in [3.05, 3.63) is 93.7 Å². The van der Waals surface area contributed by atoms with Crippen molar-refractivity contribution in [3.63, 3.8) is 0 Å². The van der Waals surface area contributed by atoms with E-state index >= 15 is 0 Å². The Morgan fingerprint density at radius 2 is 1.73 bits per heavy atom. The van der Waals surface area contributed by atoms with Gasteiger partial charge in [-0.2, -0.15) is 13.2 Å². The lowest BCUT2D eigenvalue weighted by atomic mass is 10.2. The van der Waals surface area contributed by atoms with E-state index in [-0.39, 0.29) is 12.1 Å². The zero-order chi connectivity index (χ0) is 23.6. The Morgan fingerprint density at radius 1 is 1.03 bits per heavy atom. The molecule has 4 aromatic rings. The molecule has 1 N–H and O–H groups in total. The fourth-order valence-electron chi connectivity index (χ4n) is 3.55. The zero-order valence-electron chi connectivity index (χ0n) is 17.6. The number of aromatic nitrogens is 2. The number of alkyl halides is 3. The van der Waals surface area contributed by atoms with Crippen LogP contribution in [0.2, 0.25) is 5.02 Å². The predicted molar refractivity (Wildman–Crippen MR) is 124 cm³/mol. The molecule has 5 nitrogen and oxygen atoms in total. The Hall–Kier alpha value is -3.36. The van der Waals surface area contributed by atoms with E-state index in [0.717, 1.165) is 5.56 Å². The van der Waals surface area contributed by atoms with Crippen LogP contribution in [-0.4, -0.2) is 34.2 Å². The number of anilines is 2. The summed E-state index contributed by atoms with van der Waals surface area (Å²) < 4.78 is 39.2. The van der Waals surface area contributed by atoms with Crippen LogP contribution in [0.1, 0.15) is 5.56 Å². The van der Waals surface area contributed by atoms with Crippen molar-refractivity contribution in [1.29, 1.82) is 0 Å². The first-order chi connectivity index (χ1) is 15.7. The first kappa shape index (κ1) is 22.8. The number of rotatable bonds is 6. The molecule has 9 heteroatoms. The maximum Gasteiger partial charge on any atom is 0.401 e. The lowest BCUT2D eigenvalue weighted by molar-refractivity contribution is -0.144. The van der Waals surface area contributed by atoms with Crippen LogP contribution >= 0.6 is 11.6 Å². The van der Waals surface area contributed by atoms with Gasteiger partial charge in [0.05, 0.1) is 23.1 Å². The van der Waals surface area contributed by atoms with Crippen molar-refractivity contribution in [3.8, 4) is 5.69 Å². The predicted octanol–water partition coefficient (Wildman–Crippen LogP) is 5.78. The van der Waals surface area contributed by atoms with Gasteiger partial charge in [0.25, 0.3) is 5.56 Å². The van der Waals surface area contributed by atoms with Crippen molar-refractivity contribution in [2.45, 2.75) is 12.7 Å². The quantitative estimate of drug-likeness (QED) is 0.386. The van der Waals surface area contributed by atoms with Crippen LogP contribution in [0.3, 0.4) is 0 Å². The third-order valence-corrected chi connectivity index (χ3v) is 5.19. The van der Waals surface area contributed by atoms with Gasteiger partial charge in [0, 0.05) is 17.3 Å². The van der Waals surface area contributed by atoms with Crippen LogP contribution in [-0.2, 0) is 6.54 Å². The molecular weight excluding hydrogens is 453 g/mol. The van der Waals surface area contributed by atoms with Crippen LogP contribution in [0.15, 0.2) is 77.6 Å². The summed E-state index contributed by atoms with van der Waals surface area (Å²) in [6, 6.07) is 21.0. The highest BCUT2D eigenvalue weighted by atomic mass is 35.5. The minimum Gasteiger partial charge on any atom is -0.325 e. The van der Waals surface area contributed by atoms with E-state index in [0.29, 0.717) is 33.2 Å². The van der Waals surface area contributed by atoms with Crippen molar-refractivity contribution >= 4 is 34.1 Å². The molecule has 0 aliphatic heterocycles. The molecule has 0 aliphatic carbocycles. The van der Waals surface area contributed by atoms with Gasteiger partial charge in [0.2, 0.25) is 5.95 Å². The SMILES string of the molecule is CN(Cc1ccc(Nc2nc3ccc(Cl)cc3c(=O)n2-c2ccccc2)cc1)CC(F)(F)F. The third-order valence-electron chi connectivity index (χ3n) is 4.96. The van der Waals surface area contributed by atoms with E-state index in [1.165, 1.54) is 16.5 Å². The minimum atomic E-state index is -4.25. The molecule has 0 unspecified atom stereocenters. The Bertz CT molecular complexity index is 1320. The van der Waals surface area contributed by atoms with Gasteiger partial charge in [0.15, 0.2) is 0 Å².